The van der Waals surface area contributed by atoms with Gasteiger partial charge in [0, 0.05) is 11.5 Å². The molecule has 0 spiro atoms. The van der Waals surface area contributed by atoms with Crippen LogP contribution in [0.3, 0.4) is 0 Å². The van der Waals surface area contributed by atoms with Gasteiger partial charge in [-0.3, -0.25) is 5.10 Å². The van der Waals surface area contributed by atoms with E-state index in [9.17, 15) is 0 Å². The number of rotatable bonds is 3. The van der Waals surface area contributed by atoms with E-state index in [4.69, 9.17) is 5.73 Å². The van der Waals surface area contributed by atoms with Gasteiger partial charge in [-0.1, -0.05) is 67.6 Å². The van der Waals surface area contributed by atoms with E-state index >= 15 is 0 Å². The minimum Gasteiger partial charge on any atom is -0.382 e. The van der Waals surface area contributed by atoms with Crippen LogP contribution in [0.25, 0.3) is 11.3 Å². The topological polar surface area (TPSA) is 54.7 Å². The molecule has 3 aromatic rings. The van der Waals surface area contributed by atoms with Gasteiger partial charge >= 0.3 is 0 Å². The highest BCUT2D eigenvalue weighted by molar-refractivity contribution is 5.69. The quantitative estimate of drug-likeness (QED) is 0.755. The molecule has 0 bridgehead atoms. The van der Waals surface area contributed by atoms with E-state index in [2.05, 4.69) is 41.4 Å². The molecule has 20 heavy (non-hydrogen) atoms. The maximum atomic E-state index is 6.07. The number of nitrogens with one attached hydrogen (secondary N) is 1. The average molecular weight is 263 g/mol. The number of anilines is 1. The molecule has 1 atom stereocenters. The van der Waals surface area contributed by atoms with Gasteiger partial charge in [-0.05, 0) is 11.1 Å². The summed E-state index contributed by atoms with van der Waals surface area (Å²) in [6.45, 7) is 2.16. The van der Waals surface area contributed by atoms with Crippen LogP contribution in [0.2, 0.25) is 0 Å². The zero-order valence-corrected chi connectivity index (χ0v) is 11.4. The van der Waals surface area contributed by atoms with Gasteiger partial charge in [0.1, 0.15) is 5.82 Å². The molecule has 0 amide bonds. The molecule has 1 unspecified atom stereocenters. The second-order valence-corrected chi connectivity index (χ2v) is 4.90. The van der Waals surface area contributed by atoms with Crippen LogP contribution >= 0.6 is 0 Å². The summed E-state index contributed by atoms with van der Waals surface area (Å²) in [5.74, 6) is 0.769. The Kier molecular flexibility index (Phi) is 3.25. The lowest BCUT2D eigenvalue weighted by molar-refractivity contribution is 0.929. The Morgan fingerprint density at radius 2 is 1.55 bits per heavy atom. The highest BCUT2D eigenvalue weighted by Crippen LogP contribution is 2.35. The number of H-pyrrole nitrogens is 1. The monoisotopic (exact) mass is 263 g/mol. The first-order chi connectivity index (χ1) is 9.77. The molecule has 3 nitrogen and oxygen atoms in total. The number of nitrogen functional groups attached to an aromatic ring is 1. The van der Waals surface area contributed by atoms with E-state index in [0.717, 1.165) is 16.8 Å². The van der Waals surface area contributed by atoms with Crippen molar-refractivity contribution in [1.29, 1.82) is 0 Å². The first-order valence-corrected chi connectivity index (χ1v) is 6.71. The third kappa shape index (κ3) is 2.18. The standard InChI is InChI=1S/C17H17N3/c1-12(13-8-4-2-5-9-13)15-16(19-20-17(15)18)14-10-6-3-7-11-14/h2-12H,1H3,(H3,18,19,20). The van der Waals surface area contributed by atoms with E-state index in [-0.39, 0.29) is 5.92 Å². The molecular formula is C17H17N3. The number of nitrogens with two attached hydrogens (primary N) is 1. The van der Waals surface area contributed by atoms with Gasteiger partial charge in [-0.15, -0.1) is 0 Å². The molecule has 0 aliphatic carbocycles. The number of nitrogens with zero attached hydrogens (tertiary/aromatic N) is 1. The Hall–Kier alpha value is -2.55. The summed E-state index contributed by atoms with van der Waals surface area (Å²) in [6, 6.07) is 20.5. The maximum Gasteiger partial charge on any atom is 0.149 e. The summed E-state index contributed by atoms with van der Waals surface area (Å²) >= 11 is 0. The maximum absolute atomic E-state index is 6.07. The molecule has 100 valence electrons. The molecule has 0 aliphatic rings. The highest BCUT2D eigenvalue weighted by atomic mass is 15.2. The summed E-state index contributed by atoms with van der Waals surface area (Å²) in [5.41, 5.74) is 10.5. The van der Waals surface area contributed by atoms with Gasteiger partial charge in [0.15, 0.2) is 0 Å². The fourth-order valence-electron chi connectivity index (χ4n) is 2.54. The van der Waals surface area contributed by atoms with Crippen molar-refractivity contribution in [3.8, 4) is 11.3 Å². The predicted molar refractivity (Wildman–Crippen MR) is 82.4 cm³/mol. The van der Waals surface area contributed by atoms with Gasteiger partial charge in [-0.25, -0.2) is 0 Å². The zero-order valence-electron chi connectivity index (χ0n) is 11.4. The molecule has 0 aliphatic heterocycles. The molecule has 3 rings (SSSR count). The van der Waals surface area contributed by atoms with E-state index in [1.165, 1.54) is 5.56 Å². The Balaban J connectivity index is 2.08. The van der Waals surface area contributed by atoms with Crippen LogP contribution in [0.4, 0.5) is 5.82 Å². The van der Waals surface area contributed by atoms with Crippen molar-refractivity contribution in [2.24, 2.45) is 0 Å². The summed E-state index contributed by atoms with van der Waals surface area (Å²) in [5, 5.41) is 7.26. The third-order valence-corrected chi connectivity index (χ3v) is 3.63. The molecule has 0 radical (unpaired) electrons. The van der Waals surface area contributed by atoms with Crippen LogP contribution in [-0.4, -0.2) is 10.2 Å². The largest absolute Gasteiger partial charge is 0.382 e. The molecule has 3 heteroatoms. The number of aromatic amines is 1. The predicted octanol–water partition coefficient (Wildman–Crippen LogP) is 3.81. The van der Waals surface area contributed by atoms with Crippen molar-refractivity contribution in [2.45, 2.75) is 12.8 Å². The molecule has 0 saturated carbocycles. The van der Waals surface area contributed by atoms with E-state index in [1.54, 1.807) is 0 Å². The van der Waals surface area contributed by atoms with E-state index < -0.39 is 0 Å². The van der Waals surface area contributed by atoms with Crippen LogP contribution in [0.1, 0.15) is 24.0 Å². The van der Waals surface area contributed by atoms with Gasteiger partial charge < -0.3 is 5.73 Å². The smallest absolute Gasteiger partial charge is 0.149 e. The van der Waals surface area contributed by atoms with Gasteiger partial charge in [0.25, 0.3) is 0 Å². The molecule has 0 fully saturated rings. The van der Waals surface area contributed by atoms with Crippen molar-refractivity contribution in [3.05, 3.63) is 71.8 Å². The van der Waals surface area contributed by atoms with Crippen LogP contribution in [0.15, 0.2) is 60.7 Å². The fourth-order valence-corrected chi connectivity index (χ4v) is 2.54. The van der Waals surface area contributed by atoms with E-state index in [0.29, 0.717) is 5.82 Å². The Labute approximate surface area is 118 Å². The van der Waals surface area contributed by atoms with Crippen LogP contribution in [0.5, 0.6) is 0 Å². The number of benzene rings is 2. The second-order valence-electron chi connectivity index (χ2n) is 4.90. The van der Waals surface area contributed by atoms with Gasteiger partial charge in [0.05, 0.1) is 5.69 Å². The Bertz CT molecular complexity index is 687. The molecule has 1 heterocycles. The summed E-state index contributed by atoms with van der Waals surface area (Å²) in [6.07, 6.45) is 0. The Morgan fingerprint density at radius 3 is 2.20 bits per heavy atom. The summed E-state index contributed by atoms with van der Waals surface area (Å²) < 4.78 is 0. The molecular weight excluding hydrogens is 246 g/mol. The second kappa shape index (κ2) is 5.21. The lowest BCUT2D eigenvalue weighted by Crippen LogP contribution is -2.00. The highest BCUT2D eigenvalue weighted by Gasteiger charge is 2.19. The summed E-state index contributed by atoms with van der Waals surface area (Å²) in [4.78, 5) is 0. The Morgan fingerprint density at radius 1 is 0.950 bits per heavy atom. The van der Waals surface area contributed by atoms with Crippen molar-refractivity contribution < 1.29 is 0 Å². The minimum atomic E-state index is 0.199. The van der Waals surface area contributed by atoms with Crippen molar-refractivity contribution in [2.75, 3.05) is 5.73 Å². The number of aromatic nitrogens is 2. The molecule has 3 N–H and O–H groups in total. The van der Waals surface area contributed by atoms with Crippen molar-refractivity contribution in [1.82, 2.24) is 10.2 Å². The minimum absolute atomic E-state index is 0.199. The first kappa shape index (κ1) is 12.5. The average Bonchev–Trinajstić information content (AvgIpc) is 2.90. The molecule has 0 saturated heterocycles. The normalized spacial score (nSPS) is 12.2. The number of hydrogen-bond donors (Lipinski definition) is 2. The van der Waals surface area contributed by atoms with E-state index in [1.807, 2.05) is 36.4 Å². The first-order valence-electron chi connectivity index (χ1n) is 6.71. The molecule has 2 aromatic carbocycles. The summed E-state index contributed by atoms with van der Waals surface area (Å²) in [7, 11) is 0. The van der Waals surface area contributed by atoms with Crippen LogP contribution < -0.4 is 5.73 Å². The molecule has 1 aromatic heterocycles. The lowest BCUT2D eigenvalue weighted by Gasteiger charge is -2.13. The fraction of sp³-hybridized carbons (Fsp3) is 0.118. The van der Waals surface area contributed by atoms with Gasteiger partial charge in [-0.2, -0.15) is 5.10 Å². The number of hydrogen-bond acceptors (Lipinski definition) is 2. The zero-order chi connectivity index (χ0) is 13.9. The van der Waals surface area contributed by atoms with Gasteiger partial charge in [0.2, 0.25) is 0 Å². The van der Waals surface area contributed by atoms with Crippen molar-refractivity contribution >= 4 is 5.82 Å². The van der Waals surface area contributed by atoms with Crippen LogP contribution in [-0.2, 0) is 0 Å². The lowest BCUT2D eigenvalue weighted by atomic mass is 9.91. The third-order valence-electron chi connectivity index (χ3n) is 3.63. The SMILES string of the molecule is CC(c1ccccc1)c1c(N)n[nH]c1-c1ccccc1. The van der Waals surface area contributed by atoms with Crippen LogP contribution in [0, 0.1) is 0 Å². The van der Waals surface area contributed by atoms with Crippen molar-refractivity contribution in [3.63, 3.8) is 0 Å².